The minimum Gasteiger partial charge on any atom is -0.497 e. The number of nitrogens with zero attached hydrogens (tertiary/aromatic N) is 3. The molecule has 1 fully saturated rings. The molecule has 0 saturated heterocycles. The number of carbonyl (C=O) groups excluding carboxylic acids is 3. The van der Waals surface area contributed by atoms with Crippen LogP contribution in [0.25, 0.3) is 0 Å². The van der Waals surface area contributed by atoms with Crippen molar-refractivity contribution in [3.8, 4) is 11.5 Å². The molecule has 2 heterocycles. The highest BCUT2D eigenvalue weighted by atomic mass is 16.5. The van der Waals surface area contributed by atoms with Crippen molar-refractivity contribution in [3.05, 3.63) is 35.7 Å². The fraction of sp³-hybridized carbons (Fsp3) is 0.500. The van der Waals surface area contributed by atoms with E-state index in [2.05, 4.69) is 15.7 Å². The quantitative estimate of drug-likeness (QED) is 0.672. The molecule has 1 aliphatic heterocycles. The highest BCUT2D eigenvalue weighted by Gasteiger charge is 2.46. The summed E-state index contributed by atoms with van der Waals surface area (Å²) in [5.41, 5.74) is -0.303. The molecule has 0 radical (unpaired) electrons. The van der Waals surface area contributed by atoms with Gasteiger partial charge in [0.15, 0.2) is 5.69 Å². The van der Waals surface area contributed by atoms with E-state index < -0.39 is 11.4 Å². The average molecular weight is 470 g/mol. The predicted molar refractivity (Wildman–Crippen MR) is 125 cm³/mol. The zero-order valence-electron chi connectivity index (χ0n) is 20.0. The summed E-state index contributed by atoms with van der Waals surface area (Å²) in [7, 11) is 4.66. The third kappa shape index (κ3) is 4.44. The van der Waals surface area contributed by atoms with Gasteiger partial charge in [-0.3, -0.25) is 19.1 Å². The summed E-state index contributed by atoms with van der Waals surface area (Å²) in [5, 5.41) is 10.2. The number of methoxy groups -OCH3 is 2. The number of nitrogens with one attached hydrogen (secondary N) is 2. The Kier molecular flexibility index (Phi) is 6.49. The Morgan fingerprint density at radius 3 is 2.32 bits per heavy atom. The van der Waals surface area contributed by atoms with Crippen LogP contribution < -0.4 is 20.1 Å². The number of rotatable bonds is 6. The van der Waals surface area contributed by atoms with E-state index >= 15 is 0 Å². The highest BCUT2D eigenvalue weighted by Crippen LogP contribution is 2.29. The Morgan fingerprint density at radius 2 is 1.71 bits per heavy atom. The summed E-state index contributed by atoms with van der Waals surface area (Å²) < 4.78 is 11.9. The van der Waals surface area contributed by atoms with Gasteiger partial charge in [-0.15, -0.1) is 0 Å². The zero-order chi connectivity index (χ0) is 24.5. The fourth-order valence-corrected chi connectivity index (χ4v) is 4.50. The van der Waals surface area contributed by atoms with Crippen LogP contribution in [0.2, 0.25) is 0 Å². The Morgan fingerprint density at radius 1 is 1.06 bits per heavy atom. The van der Waals surface area contributed by atoms with E-state index in [4.69, 9.17) is 9.47 Å². The first kappa shape index (κ1) is 23.6. The third-order valence-corrected chi connectivity index (χ3v) is 6.77. The van der Waals surface area contributed by atoms with E-state index in [1.165, 1.54) is 36.3 Å². The first-order chi connectivity index (χ1) is 16.2. The largest absolute Gasteiger partial charge is 0.497 e. The SMILES string of the molecule is COc1cc(NC(=O)c2cc3n(n2)C[C@@](C)(C(=O)NC2CCCCC2)N(C)C3=O)cc(OC)c1. The van der Waals surface area contributed by atoms with Crippen molar-refractivity contribution in [1.29, 1.82) is 0 Å². The number of aromatic nitrogens is 2. The average Bonchev–Trinajstić information content (AvgIpc) is 3.27. The number of hydrogen-bond acceptors (Lipinski definition) is 6. The van der Waals surface area contributed by atoms with E-state index in [1.54, 1.807) is 32.2 Å². The molecular formula is C24H31N5O5. The number of amides is 3. The number of benzene rings is 1. The molecule has 0 bridgehead atoms. The van der Waals surface area contributed by atoms with Gasteiger partial charge in [0.25, 0.3) is 11.8 Å². The van der Waals surface area contributed by atoms with Crippen LogP contribution in [0.4, 0.5) is 5.69 Å². The van der Waals surface area contributed by atoms with Gasteiger partial charge in [0.05, 0.1) is 20.8 Å². The molecule has 2 aliphatic rings. The molecular weight excluding hydrogens is 438 g/mol. The van der Waals surface area contributed by atoms with Crippen LogP contribution in [0, 0.1) is 0 Å². The maximum Gasteiger partial charge on any atom is 0.276 e. The van der Waals surface area contributed by atoms with Crippen LogP contribution in [0.1, 0.15) is 60.0 Å². The lowest BCUT2D eigenvalue weighted by atomic mass is 9.92. The van der Waals surface area contributed by atoms with Gasteiger partial charge in [0, 0.05) is 43.0 Å². The molecule has 34 heavy (non-hydrogen) atoms. The van der Waals surface area contributed by atoms with Crippen LogP contribution in [0.5, 0.6) is 11.5 Å². The predicted octanol–water partition coefficient (Wildman–Crippen LogP) is 2.45. The first-order valence-corrected chi connectivity index (χ1v) is 11.5. The van der Waals surface area contributed by atoms with Gasteiger partial charge in [-0.2, -0.15) is 5.10 Å². The maximum absolute atomic E-state index is 13.2. The number of fused-ring (bicyclic) bond motifs is 1. The van der Waals surface area contributed by atoms with Gasteiger partial charge in [0.1, 0.15) is 22.7 Å². The molecule has 1 saturated carbocycles. The molecule has 1 aliphatic carbocycles. The molecule has 10 nitrogen and oxygen atoms in total. The Labute approximate surface area is 198 Å². The topological polar surface area (TPSA) is 115 Å². The molecule has 182 valence electrons. The molecule has 2 N–H and O–H groups in total. The van der Waals surface area contributed by atoms with Crippen molar-refractivity contribution in [2.75, 3.05) is 26.6 Å². The monoisotopic (exact) mass is 469 g/mol. The van der Waals surface area contributed by atoms with Crippen molar-refractivity contribution in [2.24, 2.45) is 0 Å². The first-order valence-electron chi connectivity index (χ1n) is 11.5. The van der Waals surface area contributed by atoms with Crippen LogP contribution in [-0.2, 0) is 11.3 Å². The van der Waals surface area contributed by atoms with Crippen molar-refractivity contribution < 1.29 is 23.9 Å². The van der Waals surface area contributed by atoms with E-state index in [-0.39, 0.29) is 35.8 Å². The van der Waals surface area contributed by atoms with Crippen LogP contribution in [-0.4, -0.2) is 65.2 Å². The second-order valence-corrected chi connectivity index (χ2v) is 9.07. The smallest absolute Gasteiger partial charge is 0.276 e. The minimum absolute atomic E-state index is 0.0791. The Bertz CT molecular complexity index is 1080. The number of likely N-dealkylation sites (N-methyl/N-ethyl adjacent to an activating group) is 1. The lowest BCUT2D eigenvalue weighted by molar-refractivity contribution is -0.133. The minimum atomic E-state index is -1.11. The molecule has 3 amide bonds. The summed E-state index contributed by atoms with van der Waals surface area (Å²) in [6.07, 6.45) is 5.28. The number of hydrogen-bond donors (Lipinski definition) is 2. The highest BCUT2D eigenvalue weighted by molar-refractivity contribution is 6.06. The van der Waals surface area contributed by atoms with Crippen LogP contribution in [0.15, 0.2) is 24.3 Å². The Balaban J connectivity index is 1.54. The van der Waals surface area contributed by atoms with Gasteiger partial charge in [-0.25, -0.2) is 0 Å². The molecule has 10 heteroatoms. The number of anilines is 1. The number of carbonyl (C=O) groups is 3. The van der Waals surface area contributed by atoms with Gasteiger partial charge in [-0.05, 0) is 19.8 Å². The van der Waals surface area contributed by atoms with Crippen LogP contribution >= 0.6 is 0 Å². The van der Waals surface area contributed by atoms with E-state index in [0.29, 0.717) is 17.2 Å². The van der Waals surface area contributed by atoms with Crippen molar-refractivity contribution in [1.82, 2.24) is 20.0 Å². The maximum atomic E-state index is 13.2. The van der Waals surface area contributed by atoms with Crippen molar-refractivity contribution >= 4 is 23.4 Å². The summed E-state index contributed by atoms with van der Waals surface area (Å²) in [6.45, 7) is 1.89. The van der Waals surface area contributed by atoms with Crippen LogP contribution in [0.3, 0.4) is 0 Å². The number of ether oxygens (including phenoxy) is 2. The molecule has 1 aromatic heterocycles. The zero-order valence-corrected chi connectivity index (χ0v) is 20.0. The summed E-state index contributed by atoms with van der Waals surface area (Å²) in [5.74, 6) is -0.000274. The molecule has 0 unspecified atom stereocenters. The lowest BCUT2D eigenvalue weighted by Crippen LogP contribution is -2.63. The van der Waals surface area contributed by atoms with E-state index in [1.807, 2.05) is 0 Å². The third-order valence-electron chi connectivity index (χ3n) is 6.77. The summed E-state index contributed by atoms with van der Waals surface area (Å²) in [4.78, 5) is 40.7. The van der Waals surface area contributed by atoms with Gasteiger partial charge >= 0.3 is 0 Å². The molecule has 1 atom stereocenters. The second kappa shape index (κ2) is 9.36. The van der Waals surface area contributed by atoms with Gasteiger partial charge in [-0.1, -0.05) is 19.3 Å². The van der Waals surface area contributed by atoms with E-state index in [9.17, 15) is 14.4 Å². The lowest BCUT2D eigenvalue weighted by Gasteiger charge is -2.41. The normalized spacial score (nSPS) is 20.5. The Hall–Kier alpha value is -3.56. The molecule has 0 spiro atoms. The standard InChI is InChI=1S/C24H31N5O5/c1-24(23(32)26-15-8-6-5-7-9-15)14-29-20(22(31)28(24)2)13-19(27-29)21(30)25-16-10-17(33-3)12-18(11-16)34-4/h10-13,15H,5-9,14H2,1-4H3,(H,25,30)(H,26,32)/t24-/m0/s1. The molecule has 4 rings (SSSR count). The molecule has 1 aromatic carbocycles. The van der Waals surface area contributed by atoms with Gasteiger partial charge < -0.3 is 25.0 Å². The van der Waals surface area contributed by atoms with Gasteiger partial charge in [0.2, 0.25) is 5.91 Å². The summed E-state index contributed by atoms with van der Waals surface area (Å²) >= 11 is 0. The summed E-state index contributed by atoms with van der Waals surface area (Å²) in [6, 6.07) is 6.58. The van der Waals surface area contributed by atoms with Crippen molar-refractivity contribution in [3.63, 3.8) is 0 Å². The van der Waals surface area contributed by atoms with E-state index in [0.717, 1.165) is 25.7 Å². The fourth-order valence-electron chi connectivity index (χ4n) is 4.50. The molecule has 2 aromatic rings. The second-order valence-electron chi connectivity index (χ2n) is 9.07. The van der Waals surface area contributed by atoms with Crippen molar-refractivity contribution in [2.45, 2.75) is 57.2 Å².